The molecule has 0 spiro atoms. The van der Waals surface area contributed by atoms with E-state index in [0.717, 1.165) is 28.6 Å². The van der Waals surface area contributed by atoms with Gasteiger partial charge in [-0.25, -0.2) is 0 Å². The Morgan fingerprint density at radius 3 is 2.58 bits per heavy atom. The minimum atomic E-state index is -0.347. The Kier molecular flexibility index (Phi) is 7.28. The highest BCUT2D eigenvalue weighted by molar-refractivity contribution is 9.10. The number of halogens is 1. The van der Waals surface area contributed by atoms with Crippen LogP contribution in [-0.2, 0) is 17.8 Å². The standard InChI is InChI=1S/C19H23BrN2O2/c1-14(19(21)23)22-13-15-8-10-17(11-9-15)24-12-4-6-16-5-2-3-7-18(16)20/h2-3,5,7-11,14,22H,4,6,12-13H2,1H3,(H2,21,23). The first-order valence-corrected chi connectivity index (χ1v) is 8.83. The molecule has 1 atom stereocenters. The summed E-state index contributed by atoms with van der Waals surface area (Å²) in [5.41, 5.74) is 7.60. The Morgan fingerprint density at radius 1 is 1.21 bits per heavy atom. The lowest BCUT2D eigenvalue weighted by molar-refractivity contribution is -0.119. The van der Waals surface area contributed by atoms with Gasteiger partial charge in [0.25, 0.3) is 0 Å². The minimum Gasteiger partial charge on any atom is -0.494 e. The Hall–Kier alpha value is -1.85. The number of ether oxygens (including phenoxy) is 1. The van der Waals surface area contributed by atoms with Crippen molar-refractivity contribution in [3.05, 3.63) is 64.1 Å². The zero-order chi connectivity index (χ0) is 17.4. The summed E-state index contributed by atoms with van der Waals surface area (Å²) >= 11 is 3.56. The van der Waals surface area contributed by atoms with Gasteiger partial charge in [0.15, 0.2) is 0 Å². The van der Waals surface area contributed by atoms with Crippen LogP contribution in [0.15, 0.2) is 53.0 Å². The Bertz CT molecular complexity index is 659. The number of carbonyl (C=O) groups is 1. The maximum Gasteiger partial charge on any atom is 0.234 e. The SMILES string of the molecule is CC(NCc1ccc(OCCCc2ccccc2Br)cc1)C(N)=O. The fraction of sp³-hybridized carbons (Fsp3) is 0.316. The zero-order valence-electron chi connectivity index (χ0n) is 13.8. The van der Waals surface area contributed by atoms with Crippen molar-refractivity contribution in [3.8, 4) is 5.75 Å². The van der Waals surface area contributed by atoms with E-state index in [1.807, 2.05) is 36.4 Å². The summed E-state index contributed by atoms with van der Waals surface area (Å²) in [7, 11) is 0. The molecule has 5 heteroatoms. The molecule has 0 bridgehead atoms. The number of nitrogens with one attached hydrogen (secondary N) is 1. The molecular weight excluding hydrogens is 368 g/mol. The molecule has 2 rings (SSSR count). The number of hydrogen-bond acceptors (Lipinski definition) is 3. The molecule has 0 saturated heterocycles. The van der Waals surface area contributed by atoms with Gasteiger partial charge < -0.3 is 15.8 Å². The summed E-state index contributed by atoms with van der Waals surface area (Å²) in [4.78, 5) is 11.0. The van der Waals surface area contributed by atoms with Crippen molar-refractivity contribution in [1.29, 1.82) is 0 Å². The average molecular weight is 391 g/mol. The van der Waals surface area contributed by atoms with E-state index in [9.17, 15) is 4.79 Å². The van der Waals surface area contributed by atoms with Crippen molar-refractivity contribution in [1.82, 2.24) is 5.32 Å². The molecule has 3 N–H and O–H groups in total. The van der Waals surface area contributed by atoms with Gasteiger partial charge in [0.2, 0.25) is 5.91 Å². The Labute approximate surface area is 151 Å². The second-order valence-electron chi connectivity index (χ2n) is 5.69. The number of amides is 1. The van der Waals surface area contributed by atoms with Crippen molar-refractivity contribution >= 4 is 21.8 Å². The highest BCUT2D eigenvalue weighted by atomic mass is 79.9. The van der Waals surface area contributed by atoms with Gasteiger partial charge in [-0.3, -0.25) is 4.79 Å². The molecule has 0 aromatic heterocycles. The smallest absolute Gasteiger partial charge is 0.234 e. The fourth-order valence-electron chi connectivity index (χ4n) is 2.23. The monoisotopic (exact) mass is 390 g/mol. The van der Waals surface area contributed by atoms with Gasteiger partial charge >= 0.3 is 0 Å². The lowest BCUT2D eigenvalue weighted by Crippen LogP contribution is -2.38. The number of aryl methyl sites for hydroxylation is 1. The molecule has 128 valence electrons. The quantitative estimate of drug-likeness (QED) is 0.644. The van der Waals surface area contributed by atoms with Gasteiger partial charge in [-0.1, -0.05) is 46.3 Å². The molecule has 2 aromatic carbocycles. The molecule has 1 amide bonds. The second-order valence-corrected chi connectivity index (χ2v) is 6.55. The number of hydrogen-bond donors (Lipinski definition) is 2. The summed E-state index contributed by atoms with van der Waals surface area (Å²) in [6.45, 7) is 3.04. The molecular formula is C19H23BrN2O2. The minimum absolute atomic E-state index is 0.335. The number of rotatable bonds is 9. The van der Waals surface area contributed by atoms with E-state index >= 15 is 0 Å². The van der Waals surface area contributed by atoms with Gasteiger partial charge in [-0.05, 0) is 49.1 Å². The van der Waals surface area contributed by atoms with Crippen LogP contribution in [0.4, 0.5) is 0 Å². The van der Waals surface area contributed by atoms with Crippen LogP contribution < -0.4 is 15.8 Å². The first-order chi connectivity index (χ1) is 11.6. The fourth-order valence-corrected chi connectivity index (χ4v) is 2.71. The van der Waals surface area contributed by atoms with Crippen molar-refractivity contribution in [2.24, 2.45) is 5.73 Å². The zero-order valence-corrected chi connectivity index (χ0v) is 15.4. The third-order valence-electron chi connectivity index (χ3n) is 3.78. The number of primary amides is 1. The summed E-state index contributed by atoms with van der Waals surface area (Å²) in [6, 6.07) is 15.8. The van der Waals surface area contributed by atoms with E-state index in [1.165, 1.54) is 5.56 Å². The lowest BCUT2D eigenvalue weighted by atomic mass is 10.1. The third kappa shape index (κ3) is 5.98. The summed E-state index contributed by atoms with van der Waals surface area (Å²) < 4.78 is 6.92. The summed E-state index contributed by atoms with van der Waals surface area (Å²) in [5.74, 6) is 0.508. The summed E-state index contributed by atoms with van der Waals surface area (Å²) in [5, 5.41) is 3.07. The number of carbonyl (C=O) groups excluding carboxylic acids is 1. The molecule has 4 nitrogen and oxygen atoms in total. The maximum atomic E-state index is 11.0. The van der Waals surface area contributed by atoms with Crippen LogP contribution in [0.3, 0.4) is 0 Å². The van der Waals surface area contributed by atoms with Crippen molar-refractivity contribution in [2.75, 3.05) is 6.61 Å². The highest BCUT2D eigenvalue weighted by Gasteiger charge is 2.07. The van der Waals surface area contributed by atoms with E-state index < -0.39 is 0 Å². The van der Waals surface area contributed by atoms with E-state index in [1.54, 1.807) is 6.92 Å². The van der Waals surface area contributed by atoms with E-state index in [4.69, 9.17) is 10.5 Å². The van der Waals surface area contributed by atoms with Crippen LogP contribution in [-0.4, -0.2) is 18.6 Å². The lowest BCUT2D eigenvalue weighted by Gasteiger charge is -2.11. The molecule has 2 aromatic rings. The third-order valence-corrected chi connectivity index (χ3v) is 4.55. The first kappa shape index (κ1) is 18.5. The largest absolute Gasteiger partial charge is 0.494 e. The van der Waals surface area contributed by atoms with E-state index in [0.29, 0.717) is 13.2 Å². The topological polar surface area (TPSA) is 64.3 Å². The normalized spacial score (nSPS) is 11.9. The van der Waals surface area contributed by atoms with Crippen LogP contribution in [0, 0.1) is 0 Å². The van der Waals surface area contributed by atoms with Crippen LogP contribution in [0.1, 0.15) is 24.5 Å². The predicted octanol–water partition coefficient (Wildman–Crippen LogP) is 3.42. The molecule has 24 heavy (non-hydrogen) atoms. The van der Waals surface area contributed by atoms with Crippen LogP contribution >= 0.6 is 15.9 Å². The molecule has 0 aliphatic heterocycles. The van der Waals surface area contributed by atoms with Crippen molar-refractivity contribution < 1.29 is 9.53 Å². The van der Waals surface area contributed by atoms with Gasteiger partial charge in [0, 0.05) is 11.0 Å². The van der Waals surface area contributed by atoms with Crippen LogP contribution in [0.2, 0.25) is 0 Å². The van der Waals surface area contributed by atoms with E-state index in [-0.39, 0.29) is 11.9 Å². The molecule has 1 unspecified atom stereocenters. The van der Waals surface area contributed by atoms with Crippen LogP contribution in [0.5, 0.6) is 5.75 Å². The maximum absolute atomic E-state index is 11.0. The van der Waals surface area contributed by atoms with Crippen molar-refractivity contribution in [3.63, 3.8) is 0 Å². The average Bonchev–Trinajstić information content (AvgIpc) is 2.59. The van der Waals surface area contributed by atoms with Crippen molar-refractivity contribution in [2.45, 2.75) is 32.4 Å². The summed E-state index contributed by atoms with van der Waals surface area (Å²) in [6.07, 6.45) is 1.94. The second kappa shape index (κ2) is 9.45. The van der Waals surface area contributed by atoms with Gasteiger partial charge in [0.05, 0.1) is 12.6 Å². The Balaban J connectivity index is 1.72. The van der Waals surface area contributed by atoms with Crippen LogP contribution in [0.25, 0.3) is 0 Å². The number of benzene rings is 2. The molecule has 0 aliphatic rings. The molecule has 0 fully saturated rings. The molecule has 0 heterocycles. The van der Waals surface area contributed by atoms with Gasteiger partial charge in [0.1, 0.15) is 5.75 Å². The molecule has 0 saturated carbocycles. The van der Waals surface area contributed by atoms with Gasteiger partial charge in [-0.15, -0.1) is 0 Å². The van der Waals surface area contributed by atoms with E-state index in [2.05, 4.69) is 33.4 Å². The predicted molar refractivity (Wildman–Crippen MR) is 99.9 cm³/mol. The molecule has 0 aliphatic carbocycles. The molecule has 0 radical (unpaired) electrons. The Morgan fingerprint density at radius 2 is 1.92 bits per heavy atom. The first-order valence-electron chi connectivity index (χ1n) is 8.04. The highest BCUT2D eigenvalue weighted by Crippen LogP contribution is 2.18. The number of nitrogens with two attached hydrogens (primary N) is 1. The van der Waals surface area contributed by atoms with Gasteiger partial charge in [-0.2, -0.15) is 0 Å².